The first-order valence-corrected chi connectivity index (χ1v) is 11.0. The SMILES string of the molecule is CCC(=O)N1CCCc2ccc(NS(=O)(=O)c3ccc(OC(C)C)cc3)cc21. The Kier molecular flexibility index (Phi) is 5.93. The highest BCUT2D eigenvalue weighted by molar-refractivity contribution is 7.92. The van der Waals surface area contributed by atoms with Gasteiger partial charge < -0.3 is 9.64 Å². The summed E-state index contributed by atoms with van der Waals surface area (Å²) in [7, 11) is -3.74. The Bertz CT molecular complexity index is 953. The molecule has 150 valence electrons. The zero-order valence-electron chi connectivity index (χ0n) is 16.4. The smallest absolute Gasteiger partial charge is 0.261 e. The van der Waals surface area contributed by atoms with Crippen LogP contribution in [0.1, 0.15) is 39.2 Å². The number of nitrogens with zero attached hydrogens (tertiary/aromatic N) is 1. The molecule has 0 aliphatic carbocycles. The second kappa shape index (κ2) is 8.22. The van der Waals surface area contributed by atoms with Crippen LogP contribution in [0, 0.1) is 0 Å². The van der Waals surface area contributed by atoms with E-state index in [4.69, 9.17) is 4.74 Å². The van der Waals surface area contributed by atoms with Gasteiger partial charge in [0.25, 0.3) is 10.0 Å². The molecule has 1 N–H and O–H groups in total. The number of hydrogen-bond donors (Lipinski definition) is 1. The molecule has 0 aromatic heterocycles. The number of aryl methyl sites for hydroxylation is 1. The van der Waals surface area contributed by atoms with Crippen LogP contribution in [0.2, 0.25) is 0 Å². The molecule has 1 aliphatic rings. The second-order valence-electron chi connectivity index (χ2n) is 7.09. The largest absolute Gasteiger partial charge is 0.491 e. The van der Waals surface area contributed by atoms with Gasteiger partial charge in [-0.15, -0.1) is 0 Å². The van der Waals surface area contributed by atoms with Crippen molar-refractivity contribution in [3.63, 3.8) is 0 Å². The van der Waals surface area contributed by atoms with Crippen LogP contribution in [0.25, 0.3) is 0 Å². The van der Waals surface area contributed by atoms with E-state index >= 15 is 0 Å². The summed E-state index contributed by atoms with van der Waals surface area (Å²) >= 11 is 0. The third-order valence-corrected chi connectivity index (χ3v) is 5.96. The van der Waals surface area contributed by atoms with E-state index in [0.717, 1.165) is 24.1 Å². The third-order valence-electron chi connectivity index (χ3n) is 4.57. The van der Waals surface area contributed by atoms with E-state index in [1.807, 2.05) is 26.8 Å². The monoisotopic (exact) mass is 402 g/mol. The molecule has 6 nitrogen and oxygen atoms in total. The fraction of sp³-hybridized carbons (Fsp3) is 0.381. The first-order chi connectivity index (χ1) is 13.3. The molecule has 2 aromatic rings. The third kappa shape index (κ3) is 4.47. The van der Waals surface area contributed by atoms with Gasteiger partial charge in [-0.25, -0.2) is 8.42 Å². The lowest BCUT2D eigenvalue weighted by Crippen LogP contribution is -2.35. The summed E-state index contributed by atoms with van der Waals surface area (Å²) in [4.78, 5) is 14.1. The summed E-state index contributed by atoms with van der Waals surface area (Å²) in [5.41, 5.74) is 2.29. The van der Waals surface area contributed by atoms with E-state index in [1.54, 1.807) is 29.2 Å². The van der Waals surface area contributed by atoms with Gasteiger partial charge in [-0.05, 0) is 68.7 Å². The molecule has 2 aromatic carbocycles. The lowest BCUT2D eigenvalue weighted by Gasteiger charge is -2.29. The summed E-state index contributed by atoms with van der Waals surface area (Å²) in [6, 6.07) is 11.7. The van der Waals surface area contributed by atoms with Gasteiger partial charge in [0.15, 0.2) is 0 Å². The van der Waals surface area contributed by atoms with E-state index in [9.17, 15) is 13.2 Å². The number of anilines is 2. The van der Waals surface area contributed by atoms with Crippen molar-refractivity contribution in [2.24, 2.45) is 0 Å². The standard InChI is InChI=1S/C21H26N2O4S/c1-4-21(24)23-13-5-6-16-7-8-17(14-20(16)23)22-28(25,26)19-11-9-18(10-12-19)27-15(2)3/h7-12,14-15,22H,4-6,13H2,1-3H3. The zero-order valence-corrected chi connectivity index (χ0v) is 17.3. The summed E-state index contributed by atoms with van der Waals surface area (Å²) in [5.74, 6) is 0.665. The molecule has 1 amide bonds. The van der Waals surface area contributed by atoms with Gasteiger partial charge in [-0.3, -0.25) is 9.52 Å². The van der Waals surface area contributed by atoms with Crippen LogP contribution in [0.3, 0.4) is 0 Å². The van der Waals surface area contributed by atoms with Crippen LogP contribution in [-0.2, 0) is 21.2 Å². The van der Waals surface area contributed by atoms with Crippen LogP contribution in [0.4, 0.5) is 11.4 Å². The number of benzene rings is 2. The molecule has 0 spiro atoms. The fourth-order valence-corrected chi connectivity index (χ4v) is 4.32. The van der Waals surface area contributed by atoms with Gasteiger partial charge >= 0.3 is 0 Å². The number of rotatable bonds is 6. The van der Waals surface area contributed by atoms with Crippen molar-refractivity contribution < 1.29 is 17.9 Å². The van der Waals surface area contributed by atoms with Gasteiger partial charge in [0, 0.05) is 18.7 Å². The molecule has 0 atom stereocenters. The van der Waals surface area contributed by atoms with Gasteiger partial charge in [0.1, 0.15) is 5.75 Å². The highest BCUT2D eigenvalue weighted by Crippen LogP contribution is 2.31. The number of fused-ring (bicyclic) bond motifs is 1. The summed E-state index contributed by atoms with van der Waals surface area (Å²) in [6.45, 7) is 6.31. The number of sulfonamides is 1. The van der Waals surface area contributed by atoms with Crippen molar-refractivity contribution in [3.05, 3.63) is 48.0 Å². The number of nitrogens with one attached hydrogen (secondary N) is 1. The van der Waals surface area contributed by atoms with Crippen molar-refractivity contribution in [2.45, 2.75) is 51.0 Å². The van der Waals surface area contributed by atoms with E-state index in [-0.39, 0.29) is 16.9 Å². The molecular weight excluding hydrogens is 376 g/mol. The van der Waals surface area contributed by atoms with Crippen molar-refractivity contribution in [1.82, 2.24) is 0 Å². The Labute approximate surface area is 166 Å². The van der Waals surface area contributed by atoms with Gasteiger partial charge in [0.2, 0.25) is 5.91 Å². The number of carbonyl (C=O) groups is 1. The molecule has 0 radical (unpaired) electrons. The van der Waals surface area contributed by atoms with Crippen LogP contribution < -0.4 is 14.4 Å². The predicted octanol–water partition coefficient (Wildman–Crippen LogP) is 3.96. The van der Waals surface area contributed by atoms with Crippen LogP contribution in [0.15, 0.2) is 47.4 Å². The first-order valence-electron chi connectivity index (χ1n) is 9.53. The summed E-state index contributed by atoms with van der Waals surface area (Å²) in [6.07, 6.45) is 2.23. The maximum absolute atomic E-state index is 12.7. The van der Waals surface area contributed by atoms with Gasteiger partial charge in [0.05, 0.1) is 16.7 Å². The molecule has 28 heavy (non-hydrogen) atoms. The Hall–Kier alpha value is -2.54. The predicted molar refractivity (Wildman–Crippen MR) is 110 cm³/mol. The minimum Gasteiger partial charge on any atom is -0.491 e. The lowest BCUT2D eigenvalue weighted by atomic mass is 10.0. The maximum Gasteiger partial charge on any atom is 0.261 e. The Morgan fingerprint density at radius 1 is 1.18 bits per heavy atom. The summed E-state index contributed by atoms with van der Waals surface area (Å²) < 4.78 is 33.7. The molecule has 0 bridgehead atoms. The topological polar surface area (TPSA) is 75.7 Å². The van der Waals surface area contributed by atoms with Crippen molar-refractivity contribution in [1.29, 1.82) is 0 Å². The highest BCUT2D eigenvalue weighted by atomic mass is 32.2. The summed E-state index contributed by atoms with van der Waals surface area (Å²) in [5, 5.41) is 0. The lowest BCUT2D eigenvalue weighted by molar-refractivity contribution is -0.118. The molecule has 1 heterocycles. The Morgan fingerprint density at radius 2 is 1.89 bits per heavy atom. The molecule has 0 fully saturated rings. The maximum atomic E-state index is 12.7. The normalized spacial score (nSPS) is 13.9. The van der Waals surface area contributed by atoms with Crippen molar-refractivity contribution in [3.8, 4) is 5.75 Å². The van der Waals surface area contributed by atoms with Crippen LogP contribution >= 0.6 is 0 Å². The minimum atomic E-state index is -3.74. The Balaban J connectivity index is 1.84. The van der Waals surface area contributed by atoms with Crippen molar-refractivity contribution >= 4 is 27.3 Å². The van der Waals surface area contributed by atoms with Crippen LogP contribution in [0.5, 0.6) is 5.75 Å². The average molecular weight is 403 g/mol. The van der Waals surface area contributed by atoms with E-state index in [1.165, 1.54) is 12.1 Å². The highest BCUT2D eigenvalue weighted by Gasteiger charge is 2.23. The number of amides is 1. The van der Waals surface area contributed by atoms with Gasteiger partial charge in [-0.1, -0.05) is 13.0 Å². The van der Waals surface area contributed by atoms with E-state index < -0.39 is 10.0 Å². The quantitative estimate of drug-likeness (QED) is 0.793. The molecule has 3 rings (SSSR count). The Morgan fingerprint density at radius 3 is 2.54 bits per heavy atom. The van der Waals surface area contributed by atoms with Crippen molar-refractivity contribution in [2.75, 3.05) is 16.2 Å². The number of hydrogen-bond acceptors (Lipinski definition) is 4. The molecule has 0 saturated carbocycles. The number of ether oxygens (including phenoxy) is 1. The first kappa shape index (κ1) is 20.2. The molecule has 7 heteroatoms. The second-order valence-corrected chi connectivity index (χ2v) is 8.77. The molecule has 0 unspecified atom stereocenters. The van der Waals surface area contributed by atoms with E-state index in [2.05, 4.69) is 4.72 Å². The molecular formula is C21H26N2O4S. The number of carbonyl (C=O) groups excluding carboxylic acids is 1. The van der Waals surface area contributed by atoms with E-state index in [0.29, 0.717) is 24.4 Å². The minimum absolute atomic E-state index is 0.0184. The fourth-order valence-electron chi connectivity index (χ4n) is 3.27. The molecule has 1 aliphatic heterocycles. The molecule has 0 saturated heterocycles. The van der Waals surface area contributed by atoms with Gasteiger partial charge in [-0.2, -0.15) is 0 Å². The van der Waals surface area contributed by atoms with Crippen LogP contribution in [-0.4, -0.2) is 27.0 Å². The zero-order chi connectivity index (χ0) is 20.3. The average Bonchev–Trinajstić information content (AvgIpc) is 2.66.